The summed E-state index contributed by atoms with van der Waals surface area (Å²) in [6.07, 6.45) is 9.05. The SMILES string of the molecule is C#C[C@]1(O)C[C@@H]2c3ccc(OC)cc3CC[C@@]2(C)C1. The minimum atomic E-state index is -0.930. The summed E-state index contributed by atoms with van der Waals surface area (Å²) in [6, 6.07) is 6.29. The van der Waals surface area contributed by atoms with Crippen molar-refractivity contribution in [3.63, 3.8) is 0 Å². The first kappa shape index (κ1) is 12.6. The number of terminal acetylenes is 1. The lowest BCUT2D eigenvalue weighted by atomic mass is 9.67. The maximum absolute atomic E-state index is 10.5. The molecule has 1 fully saturated rings. The summed E-state index contributed by atoms with van der Waals surface area (Å²) >= 11 is 0. The van der Waals surface area contributed by atoms with E-state index in [1.54, 1.807) is 7.11 Å². The molecule has 0 aliphatic heterocycles. The van der Waals surface area contributed by atoms with Crippen LogP contribution in [0.1, 0.15) is 43.2 Å². The van der Waals surface area contributed by atoms with Crippen molar-refractivity contribution in [1.82, 2.24) is 0 Å². The predicted molar refractivity (Wildman–Crippen MR) is 75.2 cm³/mol. The van der Waals surface area contributed by atoms with E-state index in [1.165, 1.54) is 11.1 Å². The van der Waals surface area contributed by atoms with Crippen molar-refractivity contribution in [3.05, 3.63) is 29.3 Å². The van der Waals surface area contributed by atoms with Crippen molar-refractivity contribution in [3.8, 4) is 18.1 Å². The van der Waals surface area contributed by atoms with Gasteiger partial charge in [0.05, 0.1) is 7.11 Å². The standard InChI is InChI=1S/C17H20O2/c1-4-17(18)10-15-14-6-5-13(19-3)9-12(14)7-8-16(15,2)11-17/h1,5-6,9,15,18H,7-8,10-11H2,2-3H3/t15-,16+,17+/m1/s1. The van der Waals surface area contributed by atoms with Crippen LogP contribution in [0.3, 0.4) is 0 Å². The lowest BCUT2D eigenvalue weighted by Gasteiger charge is -2.37. The Hall–Kier alpha value is -1.46. The zero-order valence-electron chi connectivity index (χ0n) is 11.6. The average molecular weight is 256 g/mol. The summed E-state index contributed by atoms with van der Waals surface area (Å²) < 4.78 is 5.30. The lowest BCUT2D eigenvalue weighted by Crippen LogP contribution is -2.27. The van der Waals surface area contributed by atoms with Gasteiger partial charge in [-0.1, -0.05) is 18.9 Å². The van der Waals surface area contributed by atoms with Gasteiger partial charge in [-0.3, -0.25) is 0 Å². The molecule has 2 aliphatic rings. The topological polar surface area (TPSA) is 29.5 Å². The number of aliphatic hydroxyl groups is 1. The summed E-state index contributed by atoms with van der Waals surface area (Å²) in [7, 11) is 1.70. The molecule has 100 valence electrons. The Labute approximate surface area is 114 Å². The number of hydrogen-bond donors (Lipinski definition) is 1. The zero-order valence-corrected chi connectivity index (χ0v) is 11.6. The van der Waals surface area contributed by atoms with Crippen molar-refractivity contribution in [1.29, 1.82) is 0 Å². The van der Waals surface area contributed by atoms with Crippen molar-refractivity contribution in [2.45, 2.75) is 44.1 Å². The molecule has 3 atom stereocenters. The second-order valence-electron chi connectivity index (χ2n) is 6.33. The van der Waals surface area contributed by atoms with Crippen LogP contribution in [0.2, 0.25) is 0 Å². The van der Waals surface area contributed by atoms with Crippen LogP contribution in [-0.4, -0.2) is 17.8 Å². The Morgan fingerprint density at radius 1 is 1.47 bits per heavy atom. The van der Waals surface area contributed by atoms with Gasteiger partial charge in [0.15, 0.2) is 0 Å². The molecule has 1 saturated carbocycles. The fraction of sp³-hybridized carbons (Fsp3) is 0.529. The van der Waals surface area contributed by atoms with Crippen molar-refractivity contribution in [2.75, 3.05) is 7.11 Å². The number of methoxy groups -OCH3 is 1. The lowest BCUT2D eigenvalue weighted by molar-refractivity contribution is 0.0932. The molecular weight excluding hydrogens is 236 g/mol. The zero-order chi connectivity index (χ0) is 13.7. The third kappa shape index (κ3) is 1.84. The highest BCUT2D eigenvalue weighted by Gasteiger charge is 2.52. The molecule has 0 bridgehead atoms. The van der Waals surface area contributed by atoms with Crippen molar-refractivity contribution < 1.29 is 9.84 Å². The molecule has 2 heteroatoms. The van der Waals surface area contributed by atoms with Crippen LogP contribution < -0.4 is 4.74 Å². The molecule has 2 nitrogen and oxygen atoms in total. The molecule has 0 aromatic heterocycles. The number of ether oxygens (including phenoxy) is 1. The van der Waals surface area contributed by atoms with Gasteiger partial charge in [0.25, 0.3) is 0 Å². The normalized spacial score (nSPS) is 36.2. The van der Waals surface area contributed by atoms with Crippen LogP contribution in [0.5, 0.6) is 5.75 Å². The Bertz CT molecular complexity index is 557. The minimum Gasteiger partial charge on any atom is -0.497 e. The number of benzene rings is 1. The van der Waals surface area contributed by atoms with Gasteiger partial charge >= 0.3 is 0 Å². The van der Waals surface area contributed by atoms with Crippen LogP contribution in [0.4, 0.5) is 0 Å². The predicted octanol–water partition coefficient (Wildman–Crippen LogP) is 2.89. The van der Waals surface area contributed by atoms with E-state index >= 15 is 0 Å². The molecule has 0 amide bonds. The van der Waals surface area contributed by atoms with Gasteiger partial charge in [-0.15, -0.1) is 6.42 Å². The molecule has 19 heavy (non-hydrogen) atoms. The molecule has 3 rings (SSSR count). The highest BCUT2D eigenvalue weighted by atomic mass is 16.5. The van der Waals surface area contributed by atoms with E-state index in [4.69, 9.17) is 11.2 Å². The molecule has 0 saturated heterocycles. The molecule has 2 aliphatic carbocycles. The first-order valence-electron chi connectivity index (χ1n) is 6.87. The Morgan fingerprint density at radius 2 is 2.26 bits per heavy atom. The van der Waals surface area contributed by atoms with E-state index in [2.05, 4.69) is 25.0 Å². The average Bonchev–Trinajstić information content (AvgIpc) is 2.70. The van der Waals surface area contributed by atoms with Gasteiger partial charge < -0.3 is 9.84 Å². The van der Waals surface area contributed by atoms with Crippen molar-refractivity contribution >= 4 is 0 Å². The monoisotopic (exact) mass is 256 g/mol. The number of aryl methyl sites for hydroxylation is 1. The third-order valence-corrected chi connectivity index (χ3v) is 5.04. The third-order valence-electron chi connectivity index (χ3n) is 5.04. The Balaban J connectivity index is 2.04. The van der Waals surface area contributed by atoms with Crippen LogP contribution >= 0.6 is 0 Å². The summed E-state index contributed by atoms with van der Waals surface area (Å²) in [4.78, 5) is 0. The molecule has 1 aromatic carbocycles. The van der Waals surface area contributed by atoms with E-state index < -0.39 is 5.60 Å². The van der Waals surface area contributed by atoms with Gasteiger partial charge in [0.1, 0.15) is 11.4 Å². The second-order valence-corrected chi connectivity index (χ2v) is 6.33. The fourth-order valence-corrected chi connectivity index (χ4v) is 3.99. The van der Waals surface area contributed by atoms with Crippen LogP contribution in [-0.2, 0) is 6.42 Å². The summed E-state index contributed by atoms with van der Waals surface area (Å²) in [5.41, 5.74) is 1.90. The molecular formula is C17H20O2. The highest BCUT2D eigenvalue weighted by Crippen LogP contribution is 2.58. The van der Waals surface area contributed by atoms with Crippen molar-refractivity contribution in [2.24, 2.45) is 5.41 Å². The fourth-order valence-electron chi connectivity index (χ4n) is 3.99. The summed E-state index contributed by atoms with van der Waals surface area (Å²) in [5, 5.41) is 10.5. The van der Waals surface area contributed by atoms with E-state index in [0.717, 1.165) is 18.6 Å². The number of hydrogen-bond acceptors (Lipinski definition) is 2. The van der Waals surface area contributed by atoms with E-state index in [9.17, 15) is 5.11 Å². The second kappa shape index (κ2) is 4.02. The van der Waals surface area contributed by atoms with E-state index in [0.29, 0.717) is 18.8 Å². The van der Waals surface area contributed by atoms with Gasteiger partial charge in [-0.05, 0) is 60.3 Å². The van der Waals surface area contributed by atoms with Gasteiger partial charge in [0, 0.05) is 0 Å². The summed E-state index contributed by atoms with van der Waals surface area (Å²) in [5.74, 6) is 3.88. The molecule has 0 radical (unpaired) electrons. The van der Waals surface area contributed by atoms with Crippen LogP contribution in [0.25, 0.3) is 0 Å². The smallest absolute Gasteiger partial charge is 0.126 e. The first-order chi connectivity index (χ1) is 9.00. The minimum absolute atomic E-state index is 0.128. The quantitative estimate of drug-likeness (QED) is 0.783. The van der Waals surface area contributed by atoms with E-state index in [-0.39, 0.29) is 5.41 Å². The molecule has 0 spiro atoms. The summed E-state index contributed by atoms with van der Waals surface area (Å²) in [6.45, 7) is 2.26. The Morgan fingerprint density at radius 3 is 2.95 bits per heavy atom. The molecule has 1 N–H and O–H groups in total. The largest absolute Gasteiger partial charge is 0.497 e. The first-order valence-corrected chi connectivity index (χ1v) is 6.87. The maximum Gasteiger partial charge on any atom is 0.126 e. The van der Waals surface area contributed by atoms with Gasteiger partial charge in [0.2, 0.25) is 0 Å². The van der Waals surface area contributed by atoms with Crippen LogP contribution in [0.15, 0.2) is 18.2 Å². The highest BCUT2D eigenvalue weighted by molar-refractivity contribution is 5.43. The molecule has 0 heterocycles. The number of rotatable bonds is 1. The van der Waals surface area contributed by atoms with E-state index in [1.807, 2.05) is 6.07 Å². The van der Waals surface area contributed by atoms with Crippen LogP contribution in [0, 0.1) is 17.8 Å². The maximum atomic E-state index is 10.5. The molecule has 0 unspecified atom stereocenters. The molecule has 1 aromatic rings. The Kier molecular flexibility index (Phi) is 2.66. The number of fused-ring (bicyclic) bond motifs is 3. The van der Waals surface area contributed by atoms with Gasteiger partial charge in [-0.25, -0.2) is 0 Å². The van der Waals surface area contributed by atoms with Gasteiger partial charge in [-0.2, -0.15) is 0 Å².